The van der Waals surface area contributed by atoms with E-state index in [0.29, 0.717) is 17.1 Å². The lowest BCUT2D eigenvalue weighted by molar-refractivity contribution is 0.101. The maximum atomic E-state index is 12.5. The molecule has 2 aromatic carbocycles. The third-order valence-electron chi connectivity index (χ3n) is 3.63. The maximum absolute atomic E-state index is 12.5. The van der Waals surface area contributed by atoms with Crippen LogP contribution in [0, 0.1) is 6.92 Å². The number of carbonyl (C=O) groups excluding carboxylic acids is 2. The average molecular weight is 366 g/mol. The van der Waals surface area contributed by atoms with E-state index in [1.807, 2.05) is 19.1 Å². The molecule has 1 aromatic heterocycles. The van der Waals surface area contributed by atoms with Crippen molar-refractivity contribution >= 4 is 34.9 Å². The number of aryl methyl sites for hydroxylation is 1. The summed E-state index contributed by atoms with van der Waals surface area (Å²) in [6, 6.07) is 18.9. The highest BCUT2D eigenvalue weighted by atomic mass is 35.5. The highest BCUT2D eigenvalue weighted by Crippen LogP contribution is 2.22. The van der Waals surface area contributed by atoms with Gasteiger partial charge in [-0.15, -0.1) is 0 Å². The molecule has 6 heteroatoms. The first-order valence-corrected chi connectivity index (χ1v) is 8.32. The van der Waals surface area contributed by atoms with Crippen LogP contribution in [-0.4, -0.2) is 16.8 Å². The van der Waals surface area contributed by atoms with Crippen molar-refractivity contribution < 1.29 is 9.59 Å². The van der Waals surface area contributed by atoms with Crippen molar-refractivity contribution in [1.82, 2.24) is 4.98 Å². The van der Waals surface area contributed by atoms with Crippen molar-refractivity contribution in [2.24, 2.45) is 0 Å². The molecule has 0 saturated carbocycles. The highest BCUT2D eigenvalue weighted by Gasteiger charge is 2.14. The van der Waals surface area contributed by atoms with Gasteiger partial charge in [-0.3, -0.25) is 9.59 Å². The average Bonchev–Trinajstić information content (AvgIpc) is 2.64. The second kappa shape index (κ2) is 7.80. The minimum atomic E-state index is -0.399. The summed E-state index contributed by atoms with van der Waals surface area (Å²) in [5.41, 5.74) is 2.04. The molecular weight excluding hydrogens is 350 g/mol. The topological polar surface area (TPSA) is 71.1 Å². The van der Waals surface area contributed by atoms with Crippen molar-refractivity contribution in [1.29, 1.82) is 0 Å². The van der Waals surface area contributed by atoms with Crippen LogP contribution in [0.15, 0.2) is 66.7 Å². The SMILES string of the molecule is Cc1cccc(NC(=O)c2cc(NC(=O)c3ccccc3)ccc2Cl)n1. The van der Waals surface area contributed by atoms with Crippen LogP contribution in [0.5, 0.6) is 0 Å². The summed E-state index contributed by atoms with van der Waals surface area (Å²) in [6.45, 7) is 1.84. The largest absolute Gasteiger partial charge is 0.322 e. The van der Waals surface area contributed by atoms with Crippen LogP contribution in [0.2, 0.25) is 5.02 Å². The fourth-order valence-electron chi connectivity index (χ4n) is 2.37. The van der Waals surface area contributed by atoms with E-state index < -0.39 is 5.91 Å². The Labute approximate surface area is 156 Å². The molecule has 0 saturated heterocycles. The highest BCUT2D eigenvalue weighted by molar-refractivity contribution is 6.34. The number of nitrogens with zero attached hydrogens (tertiary/aromatic N) is 1. The number of carbonyl (C=O) groups is 2. The zero-order valence-electron chi connectivity index (χ0n) is 14.0. The molecule has 1 heterocycles. The van der Waals surface area contributed by atoms with Gasteiger partial charge in [0.15, 0.2) is 0 Å². The zero-order chi connectivity index (χ0) is 18.5. The van der Waals surface area contributed by atoms with Crippen LogP contribution in [0.3, 0.4) is 0 Å². The summed E-state index contributed by atoms with van der Waals surface area (Å²) < 4.78 is 0. The van der Waals surface area contributed by atoms with Crippen LogP contribution in [0.25, 0.3) is 0 Å². The number of aromatic nitrogens is 1. The maximum Gasteiger partial charge on any atom is 0.258 e. The smallest absolute Gasteiger partial charge is 0.258 e. The van der Waals surface area contributed by atoms with Gasteiger partial charge in [-0.1, -0.05) is 35.9 Å². The Morgan fingerprint density at radius 1 is 0.885 bits per heavy atom. The predicted molar refractivity (Wildman–Crippen MR) is 103 cm³/mol. The fourth-order valence-corrected chi connectivity index (χ4v) is 2.57. The molecule has 0 aliphatic rings. The monoisotopic (exact) mass is 365 g/mol. The van der Waals surface area contributed by atoms with Crippen molar-refractivity contribution in [2.45, 2.75) is 6.92 Å². The van der Waals surface area contributed by atoms with Gasteiger partial charge in [-0.05, 0) is 49.4 Å². The molecule has 0 spiro atoms. The van der Waals surface area contributed by atoms with Gasteiger partial charge in [0, 0.05) is 16.9 Å². The minimum Gasteiger partial charge on any atom is -0.322 e. The van der Waals surface area contributed by atoms with Gasteiger partial charge >= 0.3 is 0 Å². The standard InChI is InChI=1S/C20H16ClN3O2/c1-13-6-5-9-18(22-13)24-20(26)16-12-15(10-11-17(16)21)23-19(25)14-7-3-2-4-8-14/h2-12H,1H3,(H,23,25)(H,22,24,26). The quantitative estimate of drug-likeness (QED) is 0.712. The normalized spacial score (nSPS) is 10.2. The van der Waals surface area contributed by atoms with E-state index in [1.54, 1.807) is 48.5 Å². The Balaban J connectivity index is 1.79. The van der Waals surface area contributed by atoms with Crippen LogP contribution < -0.4 is 10.6 Å². The van der Waals surface area contributed by atoms with Crippen LogP contribution in [-0.2, 0) is 0 Å². The first kappa shape index (κ1) is 17.6. The van der Waals surface area contributed by atoms with Crippen LogP contribution >= 0.6 is 11.6 Å². The molecule has 5 nitrogen and oxygen atoms in total. The Morgan fingerprint density at radius 2 is 1.65 bits per heavy atom. The third-order valence-corrected chi connectivity index (χ3v) is 3.96. The number of hydrogen-bond donors (Lipinski definition) is 2. The molecule has 0 aliphatic carbocycles. The second-order valence-electron chi connectivity index (χ2n) is 5.63. The predicted octanol–water partition coefficient (Wildman–Crippen LogP) is 4.55. The number of amides is 2. The summed E-state index contributed by atoms with van der Waals surface area (Å²) in [6.07, 6.45) is 0. The van der Waals surface area contributed by atoms with E-state index in [4.69, 9.17) is 11.6 Å². The fraction of sp³-hybridized carbons (Fsp3) is 0.0500. The van der Waals surface area contributed by atoms with Crippen molar-refractivity contribution in [3.05, 3.63) is 88.6 Å². The van der Waals surface area contributed by atoms with Gasteiger partial charge in [0.25, 0.3) is 11.8 Å². The summed E-state index contributed by atoms with van der Waals surface area (Å²) in [5.74, 6) is -0.228. The molecule has 3 aromatic rings. The number of nitrogens with one attached hydrogen (secondary N) is 2. The van der Waals surface area contributed by atoms with Gasteiger partial charge in [-0.25, -0.2) is 4.98 Å². The lowest BCUT2D eigenvalue weighted by Gasteiger charge is -2.10. The minimum absolute atomic E-state index is 0.251. The van der Waals surface area contributed by atoms with E-state index in [9.17, 15) is 9.59 Å². The van der Waals surface area contributed by atoms with Gasteiger partial charge in [-0.2, -0.15) is 0 Å². The number of anilines is 2. The molecule has 0 radical (unpaired) electrons. The van der Waals surface area contributed by atoms with Crippen molar-refractivity contribution in [2.75, 3.05) is 10.6 Å². The van der Waals surface area contributed by atoms with E-state index in [1.165, 1.54) is 6.07 Å². The molecule has 0 atom stereocenters. The molecule has 26 heavy (non-hydrogen) atoms. The number of benzene rings is 2. The Bertz CT molecular complexity index is 958. The van der Waals surface area contributed by atoms with Crippen LogP contribution in [0.1, 0.15) is 26.4 Å². The molecule has 0 aliphatic heterocycles. The first-order valence-electron chi connectivity index (χ1n) is 7.94. The molecule has 0 unspecified atom stereocenters. The van der Waals surface area contributed by atoms with Gasteiger partial charge in [0.1, 0.15) is 5.82 Å². The lowest BCUT2D eigenvalue weighted by Crippen LogP contribution is -2.15. The van der Waals surface area contributed by atoms with Gasteiger partial charge in [0.2, 0.25) is 0 Å². The molecule has 130 valence electrons. The number of halogens is 1. The molecular formula is C20H16ClN3O2. The number of hydrogen-bond acceptors (Lipinski definition) is 3. The summed E-state index contributed by atoms with van der Waals surface area (Å²) in [5, 5.41) is 5.75. The molecule has 3 rings (SSSR count). The Kier molecular flexibility index (Phi) is 5.29. The zero-order valence-corrected chi connectivity index (χ0v) is 14.7. The van der Waals surface area contributed by atoms with Gasteiger partial charge in [0.05, 0.1) is 10.6 Å². The van der Waals surface area contributed by atoms with Gasteiger partial charge < -0.3 is 10.6 Å². The van der Waals surface area contributed by atoms with Crippen LogP contribution in [0.4, 0.5) is 11.5 Å². The van der Waals surface area contributed by atoms with Crippen molar-refractivity contribution in [3.63, 3.8) is 0 Å². The molecule has 2 N–H and O–H groups in total. The summed E-state index contributed by atoms with van der Waals surface area (Å²) in [4.78, 5) is 29.0. The summed E-state index contributed by atoms with van der Waals surface area (Å²) in [7, 11) is 0. The molecule has 2 amide bonds. The Morgan fingerprint density at radius 3 is 2.38 bits per heavy atom. The molecule has 0 bridgehead atoms. The Hall–Kier alpha value is -3.18. The first-order chi connectivity index (χ1) is 12.5. The van der Waals surface area contributed by atoms with E-state index in [0.717, 1.165) is 5.69 Å². The number of pyridine rings is 1. The number of rotatable bonds is 4. The van der Waals surface area contributed by atoms with E-state index >= 15 is 0 Å². The van der Waals surface area contributed by atoms with E-state index in [-0.39, 0.29) is 16.5 Å². The van der Waals surface area contributed by atoms with Crippen molar-refractivity contribution in [3.8, 4) is 0 Å². The summed E-state index contributed by atoms with van der Waals surface area (Å²) >= 11 is 6.15. The molecule has 0 fully saturated rings. The second-order valence-corrected chi connectivity index (χ2v) is 6.04. The van der Waals surface area contributed by atoms with E-state index in [2.05, 4.69) is 15.6 Å². The third kappa shape index (κ3) is 4.26. The lowest BCUT2D eigenvalue weighted by atomic mass is 10.1.